The quantitative estimate of drug-likeness (QED) is 0.754. The van der Waals surface area contributed by atoms with E-state index < -0.39 is 0 Å². The number of aromatic nitrogens is 2. The number of rotatable bonds is 1. The van der Waals surface area contributed by atoms with Crippen LogP contribution in [0.4, 0.5) is 5.69 Å². The van der Waals surface area contributed by atoms with Crippen molar-refractivity contribution in [3.05, 3.63) is 22.6 Å². The standard InChI is InChI=1S/C11H17N3O/c1-8-3-4-14(7-9(8)2)10-5-11(15)13-12-6-10/h5-6,8-9H,3-4,7H2,1-2H3,(H,13,15). The molecule has 1 saturated heterocycles. The molecule has 4 heteroatoms. The molecule has 82 valence electrons. The summed E-state index contributed by atoms with van der Waals surface area (Å²) >= 11 is 0. The minimum Gasteiger partial charge on any atom is -0.370 e. The highest BCUT2D eigenvalue weighted by Crippen LogP contribution is 2.25. The van der Waals surface area contributed by atoms with Crippen LogP contribution in [0.25, 0.3) is 0 Å². The molecule has 4 nitrogen and oxygen atoms in total. The summed E-state index contributed by atoms with van der Waals surface area (Å²) in [4.78, 5) is 13.4. The van der Waals surface area contributed by atoms with Gasteiger partial charge in [0, 0.05) is 19.2 Å². The van der Waals surface area contributed by atoms with Crippen molar-refractivity contribution in [3.8, 4) is 0 Å². The second-order valence-electron chi connectivity index (χ2n) is 4.49. The van der Waals surface area contributed by atoms with Crippen LogP contribution in [-0.4, -0.2) is 23.3 Å². The van der Waals surface area contributed by atoms with Crippen LogP contribution in [-0.2, 0) is 0 Å². The van der Waals surface area contributed by atoms with E-state index >= 15 is 0 Å². The topological polar surface area (TPSA) is 49.0 Å². The number of H-pyrrole nitrogens is 1. The zero-order valence-electron chi connectivity index (χ0n) is 9.23. The third kappa shape index (κ3) is 2.19. The molecule has 0 aromatic carbocycles. The third-order valence-electron chi connectivity index (χ3n) is 3.35. The number of anilines is 1. The van der Waals surface area contributed by atoms with E-state index in [0.717, 1.165) is 24.7 Å². The van der Waals surface area contributed by atoms with Crippen LogP contribution >= 0.6 is 0 Å². The smallest absolute Gasteiger partial charge is 0.266 e. The molecule has 1 fully saturated rings. The van der Waals surface area contributed by atoms with Crippen molar-refractivity contribution in [1.82, 2.24) is 10.2 Å². The lowest BCUT2D eigenvalue weighted by Crippen LogP contribution is -2.38. The first-order valence-corrected chi connectivity index (χ1v) is 5.46. The number of nitrogens with one attached hydrogen (secondary N) is 1. The van der Waals surface area contributed by atoms with Crippen molar-refractivity contribution in [2.75, 3.05) is 18.0 Å². The highest BCUT2D eigenvalue weighted by atomic mass is 16.1. The fourth-order valence-electron chi connectivity index (χ4n) is 2.04. The number of piperidine rings is 1. The Labute approximate surface area is 89.3 Å². The highest BCUT2D eigenvalue weighted by molar-refractivity contribution is 5.43. The molecule has 2 heterocycles. The maximum atomic E-state index is 11.1. The molecule has 2 atom stereocenters. The number of hydrogen-bond acceptors (Lipinski definition) is 3. The summed E-state index contributed by atoms with van der Waals surface area (Å²) in [7, 11) is 0. The highest BCUT2D eigenvalue weighted by Gasteiger charge is 2.22. The van der Waals surface area contributed by atoms with Crippen LogP contribution < -0.4 is 10.5 Å². The van der Waals surface area contributed by atoms with E-state index in [-0.39, 0.29) is 5.56 Å². The van der Waals surface area contributed by atoms with Gasteiger partial charge in [0.2, 0.25) is 0 Å². The molecule has 2 rings (SSSR count). The summed E-state index contributed by atoms with van der Waals surface area (Å²) in [6.07, 6.45) is 2.91. The van der Waals surface area contributed by atoms with Crippen LogP contribution in [0, 0.1) is 11.8 Å². The van der Waals surface area contributed by atoms with Gasteiger partial charge in [0.15, 0.2) is 0 Å². The summed E-state index contributed by atoms with van der Waals surface area (Å²) in [6.45, 7) is 6.60. The van der Waals surface area contributed by atoms with E-state index in [0.29, 0.717) is 5.92 Å². The van der Waals surface area contributed by atoms with Crippen LogP contribution in [0.2, 0.25) is 0 Å². The van der Waals surface area contributed by atoms with Crippen LogP contribution in [0.3, 0.4) is 0 Å². The van der Waals surface area contributed by atoms with Crippen molar-refractivity contribution in [2.45, 2.75) is 20.3 Å². The minimum atomic E-state index is -0.126. The molecular weight excluding hydrogens is 190 g/mol. The molecular formula is C11H17N3O. The SMILES string of the molecule is CC1CCN(c2cn[nH]c(=O)c2)CC1C. The Balaban J connectivity index is 2.15. The first kappa shape index (κ1) is 10.2. The van der Waals surface area contributed by atoms with Crippen LogP contribution in [0.15, 0.2) is 17.1 Å². The summed E-state index contributed by atoms with van der Waals surface area (Å²) in [5.74, 6) is 1.45. The summed E-state index contributed by atoms with van der Waals surface area (Å²) in [6, 6.07) is 1.62. The van der Waals surface area contributed by atoms with Crippen LogP contribution in [0.1, 0.15) is 20.3 Å². The molecule has 1 aliphatic rings. The van der Waals surface area contributed by atoms with Gasteiger partial charge in [0.25, 0.3) is 5.56 Å². The average Bonchev–Trinajstić information content (AvgIpc) is 2.22. The third-order valence-corrected chi connectivity index (χ3v) is 3.35. The van der Waals surface area contributed by atoms with Crippen LogP contribution in [0.5, 0.6) is 0 Å². The van der Waals surface area contributed by atoms with Gasteiger partial charge >= 0.3 is 0 Å². The Kier molecular flexibility index (Phi) is 2.75. The fourth-order valence-corrected chi connectivity index (χ4v) is 2.04. The molecule has 1 aromatic rings. The second-order valence-corrected chi connectivity index (χ2v) is 4.49. The van der Waals surface area contributed by atoms with Crippen molar-refractivity contribution in [1.29, 1.82) is 0 Å². The Hall–Kier alpha value is -1.32. The van der Waals surface area contributed by atoms with Gasteiger partial charge in [-0.1, -0.05) is 13.8 Å². The number of nitrogens with zero attached hydrogens (tertiary/aromatic N) is 2. The average molecular weight is 207 g/mol. The predicted molar refractivity (Wildman–Crippen MR) is 60.0 cm³/mol. The van der Waals surface area contributed by atoms with E-state index in [1.807, 2.05) is 0 Å². The van der Waals surface area contributed by atoms with E-state index in [2.05, 4.69) is 28.9 Å². The zero-order chi connectivity index (χ0) is 10.8. The molecule has 0 aliphatic carbocycles. The van der Waals surface area contributed by atoms with Crippen molar-refractivity contribution in [3.63, 3.8) is 0 Å². The molecule has 0 saturated carbocycles. The van der Waals surface area contributed by atoms with Gasteiger partial charge in [-0.05, 0) is 18.3 Å². The number of hydrogen-bond donors (Lipinski definition) is 1. The van der Waals surface area contributed by atoms with Gasteiger partial charge in [-0.3, -0.25) is 4.79 Å². The van der Waals surface area contributed by atoms with Crippen molar-refractivity contribution >= 4 is 5.69 Å². The van der Waals surface area contributed by atoms with Gasteiger partial charge < -0.3 is 4.90 Å². The van der Waals surface area contributed by atoms with E-state index in [1.165, 1.54) is 6.42 Å². The van der Waals surface area contributed by atoms with Gasteiger partial charge in [-0.15, -0.1) is 0 Å². The molecule has 1 N–H and O–H groups in total. The van der Waals surface area contributed by atoms with Gasteiger partial charge in [0.05, 0.1) is 11.9 Å². The lowest BCUT2D eigenvalue weighted by atomic mass is 9.88. The van der Waals surface area contributed by atoms with E-state index in [9.17, 15) is 4.79 Å². The molecule has 1 aliphatic heterocycles. The summed E-state index contributed by atoms with van der Waals surface area (Å²) < 4.78 is 0. The number of aromatic amines is 1. The van der Waals surface area contributed by atoms with Gasteiger partial charge in [0.1, 0.15) is 0 Å². The molecule has 0 spiro atoms. The van der Waals surface area contributed by atoms with E-state index in [4.69, 9.17) is 0 Å². The Morgan fingerprint density at radius 3 is 2.93 bits per heavy atom. The first-order chi connectivity index (χ1) is 7.16. The maximum Gasteiger partial charge on any atom is 0.266 e. The second kappa shape index (κ2) is 4.04. The largest absolute Gasteiger partial charge is 0.370 e. The van der Waals surface area contributed by atoms with E-state index in [1.54, 1.807) is 12.3 Å². The Morgan fingerprint density at radius 2 is 2.27 bits per heavy atom. The monoisotopic (exact) mass is 207 g/mol. The lowest BCUT2D eigenvalue weighted by Gasteiger charge is -2.36. The minimum absolute atomic E-state index is 0.126. The van der Waals surface area contributed by atoms with Crippen molar-refractivity contribution < 1.29 is 0 Å². The molecule has 0 amide bonds. The normalized spacial score (nSPS) is 26.7. The fraction of sp³-hybridized carbons (Fsp3) is 0.636. The van der Waals surface area contributed by atoms with Crippen molar-refractivity contribution in [2.24, 2.45) is 11.8 Å². The molecule has 1 aromatic heterocycles. The van der Waals surface area contributed by atoms with Gasteiger partial charge in [-0.25, -0.2) is 5.10 Å². The zero-order valence-corrected chi connectivity index (χ0v) is 9.23. The van der Waals surface area contributed by atoms with Gasteiger partial charge in [-0.2, -0.15) is 5.10 Å². The Bertz CT molecular complexity index is 387. The summed E-state index contributed by atoms with van der Waals surface area (Å²) in [5.41, 5.74) is 0.816. The first-order valence-electron chi connectivity index (χ1n) is 5.46. The lowest BCUT2D eigenvalue weighted by molar-refractivity contribution is 0.323. The molecule has 15 heavy (non-hydrogen) atoms. The maximum absolute atomic E-state index is 11.1. The molecule has 0 radical (unpaired) electrons. The summed E-state index contributed by atoms with van der Waals surface area (Å²) in [5, 5.41) is 6.22. The molecule has 0 bridgehead atoms. The predicted octanol–water partition coefficient (Wildman–Crippen LogP) is 1.25. The Morgan fingerprint density at radius 1 is 1.47 bits per heavy atom. The molecule has 2 unspecified atom stereocenters.